The maximum Gasteiger partial charge on any atom is 0.244 e. The van der Waals surface area contributed by atoms with Crippen LogP contribution in [0.25, 0.3) is 6.08 Å². The van der Waals surface area contributed by atoms with Crippen LogP contribution in [0, 0.1) is 6.92 Å². The highest BCUT2D eigenvalue weighted by Crippen LogP contribution is 2.19. The van der Waals surface area contributed by atoms with Crippen LogP contribution in [-0.4, -0.2) is 25.3 Å². The first kappa shape index (κ1) is 17.2. The molecule has 4 heteroatoms. The second kappa shape index (κ2) is 9.06. The van der Waals surface area contributed by atoms with Crippen LogP contribution in [0.5, 0.6) is 5.75 Å². The van der Waals surface area contributed by atoms with Crippen LogP contribution in [0.2, 0.25) is 0 Å². The smallest absolute Gasteiger partial charge is 0.244 e. The highest BCUT2D eigenvalue weighted by atomic mass is 32.2. The van der Waals surface area contributed by atoms with Crippen molar-refractivity contribution in [2.75, 3.05) is 19.4 Å². The molecule has 0 unspecified atom stereocenters. The predicted molar refractivity (Wildman–Crippen MR) is 96.9 cm³/mol. The van der Waals surface area contributed by atoms with E-state index in [1.807, 2.05) is 24.3 Å². The second-order valence-corrected chi connectivity index (χ2v) is 6.20. The summed E-state index contributed by atoms with van der Waals surface area (Å²) in [6.45, 7) is 2.70. The Balaban J connectivity index is 1.74. The summed E-state index contributed by atoms with van der Waals surface area (Å²) in [5.74, 6) is 1.50. The van der Waals surface area contributed by atoms with Gasteiger partial charge in [-0.25, -0.2) is 0 Å². The van der Waals surface area contributed by atoms with Gasteiger partial charge < -0.3 is 10.1 Å². The number of rotatable bonds is 7. The standard InChI is InChI=1S/C19H21NO2S/c1-15-7-10-17(11-8-15)23-14-13-20-19(21)12-9-16-5-3-4-6-18(16)22-2/h3-12H,13-14H2,1-2H3,(H,20,21)/b12-9+. The summed E-state index contributed by atoms with van der Waals surface area (Å²) in [6, 6.07) is 16.0. The van der Waals surface area contributed by atoms with Crippen molar-refractivity contribution < 1.29 is 9.53 Å². The number of para-hydroxylation sites is 1. The van der Waals surface area contributed by atoms with Crippen molar-refractivity contribution in [3.8, 4) is 5.75 Å². The summed E-state index contributed by atoms with van der Waals surface area (Å²) in [5.41, 5.74) is 2.14. The number of amides is 1. The third-order valence-corrected chi connectivity index (χ3v) is 4.26. The number of carbonyl (C=O) groups excluding carboxylic acids is 1. The molecule has 0 spiro atoms. The molecule has 0 aliphatic rings. The first-order valence-corrected chi connectivity index (χ1v) is 8.46. The number of aryl methyl sites for hydroxylation is 1. The minimum Gasteiger partial charge on any atom is -0.496 e. The van der Waals surface area contributed by atoms with Crippen molar-refractivity contribution in [1.82, 2.24) is 5.32 Å². The average molecular weight is 327 g/mol. The number of carbonyl (C=O) groups is 1. The van der Waals surface area contributed by atoms with Crippen molar-refractivity contribution in [3.05, 3.63) is 65.7 Å². The van der Waals surface area contributed by atoms with Gasteiger partial charge in [0.05, 0.1) is 7.11 Å². The quantitative estimate of drug-likeness (QED) is 0.476. The molecule has 2 aromatic rings. The lowest BCUT2D eigenvalue weighted by atomic mass is 10.2. The molecule has 0 aliphatic carbocycles. The van der Waals surface area contributed by atoms with E-state index in [0.29, 0.717) is 6.54 Å². The topological polar surface area (TPSA) is 38.3 Å². The molecule has 0 aromatic heterocycles. The molecule has 0 aliphatic heterocycles. The van der Waals surface area contributed by atoms with Gasteiger partial charge in [-0.2, -0.15) is 0 Å². The maximum absolute atomic E-state index is 11.8. The molecule has 0 fully saturated rings. The van der Waals surface area contributed by atoms with Crippen LogP contribution in [0.4, 0.5) is 0 Å². The average Bonchev–Trinajstić information content (AvgIpc) is 2.58. The van der Waals surface area contributed by atoms with E-state index in [4.69, 9.17) is 4.74 Å². The van der Waals surface area contributed by atoms with E-state index < -0.39 is 0 Å². The van der Waals surface area contributed by atoms with E-state index in [2.05, 4.69) is 36.5 Å². The van der Waals surface area contributed by atoms with Crippen LogP contribution < -0.4 is 10.1 Å². The highest BCUT2D eigenvalue weighted by Gasteiger charge is 2.00. The summed E-state index contributed by atoms with van der Waals surface area (Å²) >= 11 is 1.73. The molecule has 0 saturated heterocycles. The first-order valence-electron chi connectivity index (χ1n) is 7.47. The van der Waals surface area contributed by atoms with Crippen LogP contribution in [0.3, 0.4) is 0 Å². The summed E-state index contributed by atoms with van der Waals surface area (Å²) < 4.78 is 5.25. The van der Waals surface area contributed by atoms with E-state index in [1.165, 1.54) is 16.5 Å². The number of methoxy groups -OCH3 is 1. The van der Waals surface area contributed by atoms with Gasteiger partial charge in [0.2, 0.25) is 5.91 Å². The zero-order valence-corrected chi connectivity index (χ0v) is 14.2. The summed E-state index contributed by atoms with van der Waals surface area (Å²) in [6.07, 6.45) is 3.30. The SMILES string of the molecule is COc1ccccc1/C=C/C(=O)NCCSc1ccc(C)cc1. The molecule has 120 valence electrons. The number of nitrogens with one attached hydrogen (secondary N) is 1. The van der Waals surface area contributed by atoms with E-state index in [-0.39, 0.29) is 5.91 Å². The number of benzene rings is 2. The molecule has 3 nitrogen and oxygen atoms in total. The van der Waals surface area contributed by atoms with Gasteiger partial charge >= 0.3 is 0 Å². The fourth-order valence-electron chi connectivity index (χ4n) is 2.01. The Morgan fingerprint density at radius 2 is 1.91 bits per heavy atom. The molecular formula is C19H21NO2S. The molecule has 2 rings (SSSR count). The first-order chi connectivity index (χ1) is 11.2. The molecule has 2 aromatic carbocycles. The molecular weight excluding hydrogens is 306 g/mol. The lowest BCUT2D eigenvalue weighted by Gasteiger charge is -2.04. The Morgan fingerprint density at radius 3 is 2.65 bits per heavy atom. The summed E-state index contributed by atoms with van der Waals surface area (Å²) in [7, 11) is 1.62. The van der Waals surface area contributed by atoms with Crippen molar-refractivity contribution in [3.63, 3.8) is 0 Å². The van der Waals surface area contributed by atoms with E-state index in [0.717, 1.165) is 17.1 Å². The molecule has 0 radical (unpaired) electrons. The van der Waals surface area contributed by atoms with Crippen LogP contribution >= 0.6 is 11.8 Å². The third-order valence-electron chi connectivity index (χ3n) is 3.24. The summed E-state index contributed by atoms with van der Waals surface area (Å²) in [4.78, 5) is 13.0. The third kappa shape index (κ3) is 5.83. The monoisotopic (exact) mass is 327 g/mol. The largest absolute Gasteiger partial charge is 0.496 e. The van der Waals surface area contributed by atoms with Crippen molar-refractivity contribution in [1.29, 1.82) is 0 Å². The Hall–Kier alpha value is -2.20. The molecule has 0 bridgehead atoms. The van der Waals surface area contributed by atoms with Crippen LogP contribution in [0.1, 0.15) is 11.1 Å². The Labute approximate surface area is 141 Å². The van der Waals surface area contributed by atoms with Gasteiger partial charge in [0.1, 0.15) is 5.75 Å². The van der Waals surface area contributed by atoms with Gasteiger partial charge in [0.15, 0.2) is 0 Å². The fraction of sp³-hybridized carbons (Fsp3) is 0.211. The molecule has 1 N–H and O–H groups in total. The van der Waals surface area contributed by atoms with E-state index in [9.17, 15) is 4.79 Å². The van der Waals surface area contributed by atoms with Crippen LogP contribution in [0.15, 0.2) is 59.5 Å². The minimum absolute atomic E-state index is 0.0968. The number of ether oxygens (including phenoxy) is 1. The van der Waals surface area contributed by atoms with Crippen molar-refractivity contribution in [2.24, 2.45) is 0 Å². The highest BCUT2D eigenvalue weighted by molar-refractivity contribution is 7.99. The van der Waals surface area contributed by atoms with E-state index in [1.54, 1.807) is 24.9 Å². The van der Waals surface area contributed by atoms with Gasteiger partial charge in [-0.1, -0.05) is 35.9 Å². The molecule has 1 amide bonds. The zero-order valence-electron chi connectivity index (χ0n) is 13.4. The number of hydrogen-bond acceptors (Lipinski definition) is 3. The van der Waals surface area contributed by atoms with E-state index >= 15 is 0 Å². The molecule has 0 atom stereocenters. The number of thioether (sulfide) groups is 1. The van der Waals surface area contributed by atoms with Gasteiger partial charge in [0, 0.05) is 28.8 Å². The van der Waals surface area contributed by atoms with Crippen molar-refractivity contribution in [2.45, 2.75) is 11.8 Å². The normalized spacial score (nSPS) is 10.7. The predicted octanol–water partition coefficient (Wildman–Crippen LogP) is 3.93. The number of hydrogen-bond donors (Lipinski definition) is 1. The fourth-order valence-corrected chi connectivity index (χ4v) is 2.77. The summed E-state index contributed by atoms with van der Waals surface area (Å²) in [5, 5.41) is 2.88. The van der Waals surface area contributed by atoms with Gasteiger partial charge in [0.25, 0.3) is 0 Å². The zero-order chi connectivity index (χ0) is 16.5. The lowest BCUT2D eigenvalue weighted by Crippen LogP contribution is -2.23. The van der Waals surface area contributed by atoms with Crippen LogP contribution in [-0.2, 0) is 4.79 Å². The van der Waals surface area contributed by atoms with Gasteiger partial charge in [-0.3, -0.25) is 4.79 Å². The molecule has 0 heterocycles. The maximum atomic E-state index is 11.8. The molecule has 23 heavy (non-hydrogen) atoms. The Kier molecular flexibility index (Phi) is 6.76. The second-order valence-electron chi connectivity index (χ2n) is 5.03. The Morgan fingerprint density at radius 1 is 1.17 bits per heavy atom. The molecule has 0 saturated carbocycles. The van der Waals surface area contributed by atoms with Crippen molar-refractivity contribution >= 4 is 23.7 Å². The Bertz CT molecular complexity index is 665. The van der Waals surface area contributed by atoms with Gasteiger partial charge in [-0.05, 0) is 31.2 Å². The minimum atomic E-state index is -0.0968. The van der Waals surface area contributed by atoms with Gasteiger partial charge in [-0.15, -0.1) is 11.8 Å². The lowest BCUT2D eigenvalue weighted by molar-refractivity contribution is -0.116.